The molecule has 2 aliphatic heterocycles. The Morgan fingerprint density at radius 2 is 2.07 bits per heavy atom. The molecule has 0 spiro atoms. The summed E-state index contributed by atoms with van der Waals surface area (Å²) in [6.45, 7) is 9.99. The number of hydrogen-bond acceptors (Lipinski definition) is 16. The van der Waals surface area contributed by atoms with Crippen LogP contribution in [0.3, 0.4) is 0 Å². The number of carbonyl (C=O) groups excluding carboxylic acids is 2. The Bertz CT molecular complexity index is 1390. The molecule has 2 aromatic heterocycles. The summed E-state index contributed by atoms with van der Waals surface area (Å²) in [5.41, 5.74) is 9.53. The average Bonchev–Trinajstić information content (AvgIpc) is 3.46. The van der Waals surface area contributed by atoms with E-state index in [4.69, 9.17) is 39.2 Å². The molecule has 16 nitrogen and oxygen atoms in total. The summed E-state index contributed by atoms with van der Waals surface area (Å²) in [4.78, 5) is 37.4. The second-order valence-electron chi connectivity index (χ2n) is 11.4. The number of nitrogens with zero attached hydrogens (tertiary/aromatic N) is 4. The summed E-state index contributed by atoms with van der Waals surface area (Å²) in [5, 5.41) is 11.3. The largest absolute Gasteiger partial charge is 0.476 e. The zero-order chi connectivity index (χ0) is 31.7. The normalized spacial score (nSPS) is 28.2. The number of thioether (sulfide) groups is 1. The summed E-state index contributed by atoms with van der Waals surface area (Å²) < 4.78 is 48.1. The van der Waals surface area contributed by atoms with Crippen molar-refractivity contribution in [3.63, 3.8) is 0 Å². The quantitative estimate of drug-likeness (QED) is 0.170. The van der Waals surface area contributed by atoms with Crippen molar-refractivity contribution in [2.45, 2.75) is 71.6 Å². The molecule has 4 heterocycles. The number of aromatic nitrogens is 4. The van der Waals surface area contributed by atoms with Gasteiger partial charge < -0.3 is 30.8 Å². The van der Waals surface area contributed by atoms with Crippen molar-refractivity contribution >= 4 is 47.8 Å². The van der Waals surface area contributed by atoms with Crippen molar-refractivity contribution in [1.29, 1.82) is 0 Å². The Kier molecular flexibility index (Phi) is 10.1. The Balaban J connectivity index is 1.34. The van der Waals surface area contributed by atoms with E-state index in [1.807, 2.05) is 0 Å². The third kappa shape index (κ3) is 7.14. The second-order valence-corrected chi connectivity index (χ2v) is 14.1. The van der Waals surface area contributed by atoms with Gasteiger partial charge in [0.15, 0.2) is 22.5 Å². The van der Waals surface area contributed by atoms with Crippen LogP contribution in [-0.2, 0) is 37.2 Å². The number of carbonyl (C=O) groups is 2. The third-order valence-electron chi connectivity index (χ3n) is 6.98. The molecule has 0 saturated carbocycles. The predicted molar refractivity (Wildman–Crippen MR) is 155 cm³/mol. The standard InChI is InChI=1S/C25H39N6O10PS/c1-7-36-19-16-18(29-23(27)30-19)31(12-28-16)21-25(6,34)17-14(40-21)10-39-42(35,41-17)38-8-9-43-22(33)24(4,5)11-37-20(32)15(26)13(2)3/h12-15,17,21,34H,7-11,26H2,1-6H3,(H2,27,29,30). The molecule has 2 aromatic rings. The van der Waals surface area contributed by atoms with Crippen LogP contribution < -0.4 is 16.2 Å². The van der Waals surface area contributed by atoms with E-state index in [1.54, 1.807) is 34.6 Å². The molecule has 6 atom stereocenters. The molecular weight excluding hydrogens is 607 g/mol. The van der Waals surface area contributed by atoms with Crippen LogP contribution in [0.25, 0.3) is 11.2 Å². The van der Waals surface area contributed by atoms with E-state index >= 15 is 0 Å². The van der Waals surface area contributed by atoms with Crippen LogP contribution in [0.4, 0.5) is 5.95 Å². The van der Waals surface area contributed by atoms with Gasteiger partial charge in [-0.25, -0.2) is 9.55 Å². The van der Waals surface area contributed by atoms with Crippen molar-refractivity contribution in [2.75, 3.05) is 37.9 Å². The number of phosphoric ester groups is 1. The van der Waals surface area contributed by atoms with Gasteiger partial charge in [-0.15, -0.1) is 0 Å². The number of hydrogen-bond donors (Lipinski definition) is 3. The number of imidazole rings is 1. The lowest BCUT2D eigenvalue weighted by Crippen LogP contribution is -2.47. The van der Waals surface area contributed by atoms with Crippen LogP contribution in [0, 0.1) is 11.3 Å². The number of fused-ring (bicyclic) bond motifs is 2. The number of nitrogens with two attached hydrogens (primary N) is 2. The van der Waals surface area contributed by atoms with E-state index in [2.05, 4.69) is 15.0 Å². The van der Waals surface area contributed by atoms with Crippen molar-refractivity contribution in [1.82, 2.24) is 19.5 Å². The molecule has 5 N–H and O–H groups in total. The Morgan fingerprint density at radius 3 is 2.74 bits per heavy atom. The number of ether oxygens (including phenoxy) is 3. The number of rotatable bonds is 12. The average molecular weight is 647 g/mol. The minimum atomic E-state index is -4.12. The van der Waals surface area contributed by atoms with Gasteiger partial charge in [-0.2, -0.15) is 9.97 Å². The molecule has 6 unspecified atom stereocenters. The van der Waals surface area contributed by atoms with Gasteiger partial charge >= 0.3 is 13.8 Å². The summed E-state index contributed by atoms with van der Waals surface area (Å²) >= 11 is 0.926. The maximum Gasteiger partial charge on any atom is 0.475 e. The minimum Gasteiger partial charge on any atom is -0.476 e. The van der Waals surface area contributed by atoms with Gasteiger partial charge in [0.25, 0.3) is 0 Å². The van der Waals surface area contributed by atoms with Crippen LogP contribution in [-0.4, -0.2) is 91.7 Å². The van der Waals surface area contributed by atoms with Crippen molar-refractivity contribution < 1.29 is 47.0 Å². The maximum absolute atomic E-state index is 13.3. The van der Waals surface area contributed by atoms with E-state index in [9.17, 15) is 19.3 Å². The fourth-order valence-corrected chi connectivity index (χ4v) is 6.81. The van der Waals surface area contributed by atoms with E-state index in [0.29, 0.717) is 12.1 Å². The van der Waals surface area contributed by atoms with E-state index in [1.165, 1.54) is 17.8 Å². The maximum atomic E-state index is 13.3. The molecule has 4 rings (SSSR count). The van der Waals surface area contributed by atoms with Crippen LogP contribution in [0.2, 0.25) is 0 Å². The highest BCUT2D eigenvalue weighted by atomic mass is 32.2. The first-order valence-electron chi connectivity index (χ1n) is 13.8. The Labute approximate surface area is 253 Å². The molecule has 0 aliphatic carbocycles. The molecular formula is C25H39N6O10PS. The van der Waals surface area contributed by atoms with Crippen molar-refractivity contribution in [3.8, 4) is 5.88 Å². The molecule has 18 heteroatoms. The first kappa shape index (κ1) is 33.5. The van der Waals surface area contributed by atoms with Gasteiger partial charge in [0.2, 0.25) is 11.8 Å². The van der Waals surface area contributed by atoms with Crippen molar-refractivity contribution in [2.24, 2.45) is 17.1 Å². The van der Waals surface area contributed by atoms with E-state index in [-0.39, 0.29) is 54.1 Å². The number of phosphoric acid groups is 1. The molecule has 0 radical (unpaired) electrons. The highest BCUT2D eigenvalue weighted by Crippen LogP contribution is 2.59. The van der Waals surface area contributed by atoms with Gasteiger partial charge in [-0.05, 0) is 33.6 Å². The molecule has 2 fully saturated rings. The summed E-state index contributed by atoms with van der Waals surface area (Å²) in [7, 11) is -4.12. The summed E-state index contributed by atoms with van der Waals surface area (Å²) in [5.74, 6) is -0.422. The molecule has 2 aliphatic rings. The fourth-order valence-electron chi connectivity index (χ4n) is 4.42. The molecule has 0 amide bonds. The molecule has 240 valence electrons. The van der Waals surface area contributed by atoms with Gasteiger partial charge in [0.1, 0.15) is 30.5 Å². The highest BCUT2D eigenvalue weighted by Gasteiger charge is 2.60. The van der Waals surface area contributed by atoms with Crippen LogP contribution in [0.1, 0.15) is 47.8 Å². The van der Waals surface area contributed by atoms with Crippen LogP contribution >= 0.6 is 19.6 Å². The topological polar surface area (TPSA) is 222 Å². The minimum absolute atomic E-state index is 0.0543. The van der Waals surface area contributed by atoms with Crippen LogP contribution in [0.5, 0.6) is 5.88 Å². The van der Waals surface area contributed by atoms with Gasteiger partial charge in [0, 0.05) is 5.75 Å². The molecule has 0 aromatic carbocycles. The summed E-state index contributed by atoms with van der Waals surface area (Å²) in [6, 6.07) is -0.777. The third-order valence-corrected chi connectivity index (χ3v) is 9.62. The zero-order valence-electron chi connectivity index (χ0n) is 24.9. The monoisotopic (exact) mass is 646 g/mol. The number of aliphatic hydroxyl groups is 1. The second kappa shape index (κ2) is 12.9. The molecule has 43 heavy (non-hydrogen) atoms. The zero-order valence-corrected chi connectivity index (χ0v) is 26.6. The van der Waals surface area contributed by atoms with Gasteiger partial charge in [0.05, 0.1) is 31.6 Å². The Morgan fingerprint density at radius 1 is 1.35 bits per heavy atom. The van der Waals surface area contributed by atoms with E-state index in [0.717, 1.165) is 11.8 Å². The Hall–Kier alpha value is -2.37. The lowest BCUT2D eigenvalue weighted by atomic mass is 9.96. The smallest absolute Gasteiger partial charge is 0.475 e. The molecule has 2 saturated heterocycles. The van der Waals surface area contributed by atoms with Crippen molar-refractivity contribution in [3.05, 3.63) is 6.33 Å². The number of nitrogen functional groups attached to an aromatic ring is 1. The fraction of sp³-hybridized carbons (Fsp3) is 0.720. The number of anilines is 1. The molecule has 0 bridgehead atoms. The SMILES string of the molecule is CCOc1nc(N)nc2c1ncn2C1OC2COP(=O)(OCCSC(=O)C(C)(C)COC(=O)C(N)C(C)C)OC2C1(C)O. The highest BCUT2D eigenvalue weighted by molar-refractivity contribution is 8.13. The van der Waals surface area contributed by atoms with E-state index < -0.39 is 49.3 Å². The lowest BCUT2D eigenvalue weighted by Gasteiger charge is -2.35. The van der Waals surface area contributed by atoms with Crippen LogP contribution in [0.15, 0.2) is 6.33 Å². The summed E-state index contributed by atoms with van der Waals surface area (Å²) in [6.07, 6.45) is -1.55. The first-order chi connectivity index (χ1) is 20.1. The predicted octanol–water partition coefficient (Wildman–Crippen LogP) is 1.81. The number of esters is 1. The first-order valence-corrected chi connectivity index (χ1v) is 16.2. The van der Waals surface area contributed by atoms with Gasteiger partial charge in [-0.1, -0.05) is 25.6 Å². The lowest BCUT2D eigenvalue weighted by molar-refractivity contribution is -0.150. The van der Waals surface area contributed by atoms with Gasteiger partial charge in [-0.3, -0.25) is 27.7 Å².